The molecule has 13 heteroatoms. The first-order valence-corrected chi connectivity index (χ1v) is 18.0. The highest BCUT2D eigenvalue weighted by atomic mass is 32.2. The van der Waals surface area contributed by atoms with Crippen molar-refractivity contribution in [3.63, 3.8) is 0 Å². The lowest BCUT2D eigenvalue weighted by Gasteiger charge is -2.29. The number of benzene rings is 2. The maximum absolute atomic E-state index is 14.4. The molecule has 258 valence electrons. The van der Waals surface area contributed by atoms with E-state index in [0.29, 0.717) is 16.8 Å². The van der Waals surface area contributed by atoms with Crippen molar-refractivity contribution in [3.05, 3.63) is 58.7 Å². The lowest BCUT2D eigenvalue weighted by Crippen LogP contribution is -2.44. The van der Waals surface area contributed by atoms with Gasteiger partial charge in [-0.2, -0.15) is 12.7 Å². The van der Waals surface area contributed by atoms with Crippen LogP contribution in [-0.4, -0.2) is 97.0 Å². The zero-order valence-corrected chi connectivity index (χ0v) is 28.6. The molecule has 0 bridgehead atoms. The third-order valence-corrected chi connectivity index (χ3v) is 11.2. The smallest absolute Gasteiger partial charge is 0.303 e. The van der Waals surface area contributed by atoms with Gasteiger partial charge in [0.2, 0.25) is 0 Å². The number of carbonyl (C=O) groups is 2. The Morgan fingerprint density at radius 3 is 2.54 bits per heavy atom. The Hall–Kier alpha value is -3.75. The number of nitrogens with one attached hydrogen (secondary N) is 1. The zero-order chi connectivity index (χ0) is 34.3. The van der Waals surface area contributed by atoms with Crippen LogP contribution in [0.4, 0.5) is 0 Å². The number of ether oxygens (including phenoxy) is 2. The minimum atomic E-state index is -4.03. The number of carbonyl (C=O) groups excluding carboxylic acids is 2. The zero-order valence-electron chi connectivity index (χ0n) is 27.8. The van der Waals surface area contributed by atoms with Crippen molar-refractivity contribution in [2.24, 2.45) is 0 Å². The Balaban J connectivity index is 1.54. The maximum atomic E-state index is 14.4. The lowest BCUT2D eigenvalue weighted by molar-refractivity contribution is -0.151. The van der Waals surface area contributed by atoms with Gasteiger partial charge in [0, 0.05) is 61.3 Å². The number of methoxy groups -OCH3 is 1. The van der Waals surface area contributed by atoms with E-state index in [2.05, 4.69) is 9.29 Å². The molecule has 2 aromatic carbocycles. The normalized spacial score (nSPS) is 20.6. The van der Waals surface area contributed by atoms with E-state index < -0.39 is 34.6 Å². The minimum Gasteiger partial charge on any atom is -0.497 e. The third-order valence-electron chi connectivity index (χ3n) is 9.78. The minimum absolute atomic E-state index is 0.0488. The molecule has 3 aromatic rings. The molecule has 1 unspecified atom stereocenters. The number of β-amino-alcohol motifs (C(OH)–C–C–N with tert-alkyl or cyclic N) is 1. The van der Waals surface area contributed by atoms with Gasteiger partial charge in [-0.1, -0.05) is 25.3 Å². The first kappa shape index (κ1) is 34.1. The summed E-state index contributed by atoms with van der Waals surface area (Å²) in [7, 11) is 0.252. The van der Waals surface area contributed by atoms with Crippen molar-refractivity contribution in [2.45, 2.75) is 76.3 Å². The van der Waals surface area contributed by atoms with Crippen molar-refractivity contribution in [1.82, 2.24) is 18.5 Å². The molecule has 1 aromatic heterocycles. The summed E-state index contributed by atoms with van der Waals surface area (Å²) in [6.07, 6.45) is 5.32. The van der Waals surface area contributed by atoms with Crippen LogP contribution in [0.1, 0.15) is 72.9 Å². The number of fused-ring (bicyclic) bond motifs is 5. The standard InChI is InChI=1S/C35H44N4O8S/c1-5-47-35(43)30-18-25(40)20-39(30)34(42)24-15-23-16-26(46-4)12-14-27(23)32-31(21-9-7-6-8-10-21)28-13-11-22(17-29(28)38(32)19-24)33(41)36-48(44,45)37(2)3/h11-17,21,25,30,35,40,43H,5-10,18-20H2,1-4H3,(H,36,41)/t25-,30-,35?/m1/s1. The lowest BCUT2D eigenvalue weighted by atomic mass is 9.81. The van der Waals surface area contributed by atoms with Gasteiger partial charge in [-0.3, -0.25) is 9.59 Å². The number of rotatable bonds is 9. The van der Waals surface area contributed by atoms with E-state index in [9.17, 15) is 28.2 Å². The molecule has 12 nitrogen and oxygen atoms in total. The third kappa shape index (κ3) is 6.37. The predicted octanol–water partition coefficient (Wildman–Crippen LogP) is 3.61. The van der Waals surface area contributed by atoms with Crippen molar-refractivity contribution >= 4 is 39.0 Å². The van der Waals surface area contributed by atoms with Gasteiger partial charge in [0.05, 0.1) is 31.5 Å². The van der Waals surface area contributed by atoms with Crippen molar-refractivity contribution < 1.29 is 37.7 Å². The van der Waals surface area contributed by atoms with Gasteiger partial charge < -0.3 is 29.2 Å². The Bertz CT molecular complexity index is 1860. The molecule has 48 heavy (non-hydrogen) atoms. The fourth-order valence-electron chi connectivity index (χ4n) is 7.39. The average Bonchev–Trinajstić information content (AvgIpc) is 3.56. The van der Waals surface area contributed by atoms with E-state index in [4.69, 9.17) is 9.47 Å². The van der Waals surface area contributed by atoms with Crippen molar-refractivity contribution in [1.29, 1.82) is 0 Å². The summed E-state index contributed by atoms with van der Waals surface area (Å²) >= 11 is 0. The average molecular weight is 681 g/mol. The molecule has 3 atom stereocenters. The molecule has 2 amide bonds. The largest absolute Gasteiger partial charge is 0.497 e. The van der Waals surface area contributed by atoms with Crippen LogP contribution in [0.2, 0.25) is 0 Å². The van der Waals surface area contributed by atoms with Crippen LogP contribution in [0.5, 0.6) is 5.75 Å². The molecule has 2 fully saturated rings. The Labute approximate surface area is 281 Å². The van der Waals surface area contributed by atoms with Crippen LogP contribution < -0.4 is 9.46 Å². The highest BCUT2D eigenvalue weighted by Gasteiger charge is 2.41. The monoisotopic (exact) mass is 680 g/mol. The van der Waals surface area contributed by atoms with Crippen LogP contribution in [-0.2, 0) is 26.3 Å². The van der Waals surface area contributed by atoms with Gasteiger partial charge in [0.1, 0.15) is 5.75 Å². The van der Waals surface area contributed by atoms with Crippen molar-refractivity contribution in [3.8, 4) is 17.0 Å². The van der Waals surface area contributed by atoms with Crippen LogP contribution in [0.3, 0.4) is 0 Å². The second-order valence-electron chi connectivity index (χ2n) is 13.0. The first-order chi connectivity index (χ1) is 22.9. The summed E-state index contributed by atoms with van der Waals surface area (Å²) in [6, 6.07) is 10.3. The van der Waals surface area contributed by atoms with Gasteiger partial charge in [-0.25, -0.2) is 4.72 Å². The molecule has 0 spiro atoms. The number of nitrogens with zero attached hydrogens (tertiary/aromatic N) is 3. The van der Waals surface area contributed by atoms with E-state index in [1.54, 1.807) is 26.2 Å². The summed E-state index contributed by atoms with van der Waals surface area (Å²) in [5.74, 6) is -0.227. The summed E-state index contributed by atoms with van der Waals surface area (Å²) in [6.45, 7) is 2.19. The van der Waals surface area contributed by atoms with Crippen LogP contribution in [0.15, 0.2) is 42.0 Å². The summed E-state index contributed by atoms with van der Waals surface area (Å²) in [5, 5.41) is 22.3. The van der Waals surface area contributed by atoms with Gasteiger partial charge in [0.15, 0.2) is 6.29 Å². The first-order valence-electron chi connectivity index (χ1n) is 16.5. The summed E-state index contributed by atoms with van der Waals surface area (Å²) in [4.78, 5) is 29.2. The molecule has 0 radical (unpaired) electrons. The van der Waals surface area contributed by atoms with Crippen molar-refractivity contribution in [2.75, 3.05) is 34.4 Å². The number of aliphatic hydroxyl groups is 2. The fraction of sp³-hybridized carbons (Fsp3) is 0.486. The quantitative estimate of drug-likeness (QED) is 0.290. The number of hydrogen-bond acceptors (Lipinski definition) is 8. The summed E-state index contributed by atoms with van der Waals surface area (Å²) in [5.41, 5.74) is 5.07. The van der Waals surface area contributed by atoms with Gasteiger partial charge in [-0.05, 0) is 73.2 Å². The molecule has 1 saturated carbocycles. The number of aliphatic hydroxyl groups excluding tert-OH is 2. The Kier molecular flexibility index (Phi) is 9.69. The summed E-state index contributed by atoms with van der Waals surface area (Å²) < 4.78 is 41.2. The molecule has 3 heterocycles. The molecule has 3 N–H and O–H groups in total. The Morgan fingerprint density at radius 2 is 1.85 bits per heavy atom. The molecule has 3 aliphatic rings. The Morgan fingerprint density at radius 1 is 1.10 bits per heavy atom. The van der Waals surface area contributed by atoms with E-state index in [0.717, 1.165) is 57.8 Å². The molecule has 6 rings (SSSR count). The van der Waals surface area contributed by atoms with E-state index in [1.807, 2.05) is 30.3 Å². The molecule has 1 saturated heterocycles. The molecular formula is C35H44N4O8S. The second kappa shape index (κ2) is 13.6. The van der Waals surface area contributed by atoms with Gasteiger partial charge >= 0.3 is 10.2 Å². The van der Waals surface area contributed by atoms with E-state index in [1.165, 1.54) is 25.4 Å². The van der Waals surface area contributed by atoms with Crippen LogP contribution in [0.25, 0.3) is 28.2 Å². The molecule has 1 aliphatic carbocycles. The van der Waals surface area contributed by atoms with Gasteiger partial charge in [0.25, 0.3) is 11.8 Å². The SMILES string of the molecule is CCOC(O)[C@H]1C[C@@H](O)CN1C(=O)C1=Cc2cc(OC)ccc2-c2c(C3CCCCC3)c3ccc(C(=O)NS(=O)(=O)N(C)C)cc3n2C1. The fourth-order valence-corrected chi connectivity index (χ4v) is 7.93. The predicted molar refractivity (Wildman–Crippen MR) is 182 cm³/mol. The number of hydrogen-bond donors (Lipinski definition) is 3. The molecular weight excluding hydrogens is 636 g/mol. The number of aromatic nitrogens is 1. The van der Waals surface area contributed by atoms with E-state index >= 15 is 0 Å². The van der Waals surface area contributed by atoms with E-state index in [-0.39, 0.29) is 43.5 Å². The van der Waals surface area contributed by atoms with Crippen LogP contribution in [0, 0.1) is 0 Å². The topological polar surface area (TPSA) is 151 Å². The van der Waals surface area contributed by atoms with Crippen LogP contribution >= 0.6 is 0 Å². The second-order valence-corrected chi connectivity index (χ2v) is 14.9. The number of likely N-dealkylation sites (tertiary alicyclic amines) is 1. The van der Waals surface area contributed by atoms with Gasteiger partial charge in [-0.15, -0.1) is 0 Å². The number of amides is 2. The maximum Gasteiger partial charge on any atom is 0.303 e. The molecule has 2 aliphatic heterocycles. The highest BCUT2D eigenvalue weighted by molar-refractivity contribution is 7.87. The highest BCUT2D eigenvalue weighted by Crippen LogP contribution is 2.47.